The highest BCUT2D eigenvalue weighted by Gasteiger charge is 2.30. The number of anilines is 1. The molecule has 0 radical (unpaired) electrons. The maximum atomic E-state index is 12.7. The van der Waals surface area contributed by atoms with Gasteiger partial charge in [0.05, 0.1) is 0 Å². The number of aromatic hydroxyl groups is 1. The predicted molar refractivity (Wildman–Crippen MR) is 76.9 cm³/mol. The van der Waals surface area contributed by atoms with Crippen LogP contribution < -0.4 is 4.90 Å². The average molecular weight is 268 g/mol. The Morgan fingerprint density at radius 3 is 2.90 bits per heavy atom. The summed E-state index contributed by atoms with van der Waals surface area (Å²) in [6.07, 6.45) is 3.40. The van der Waals surface area contributed by atoms with E-state index in [1.807, 2.05) is 31.2 Å². The number of aromatic nitrogens is 1. The van der Waals surface area contributed by atoms with E-state index in [9.17, 15) is 9.90 Å². The van der Waals surface area contributed by atoms with Gasteiger partial charge < -0.3 is 10.0 Å². The maximum absolute atomic E-state index is 12.7. The van der Waals surface area contributed by atoms with Gasteiger partial charge in [0.2, 0.25) is 0 Å². The molecule has 0 saturated carbocycles. The lowest BCUT2D eigenvalue weighted by Gasteiger charge is -2.35. The summed E-state index contributed by atoms with van der Waals surface area (Å²) in [7, 11) is 0. The van der Waals surface area contributed by atoms with Gasteiger partial charge in [-0.3, -0.25) is 4.79 Å². The van der Waals surface area contributed by atoms with Crippen LogP contribution in [0.2, 0.25) is 0 Å². The molecule has 0 aliphatic carbocycles. The van der Waals surface area contributed by atoms with Crippen LogP contribution in [-0.2, 0) is 6.42 Å². The molecule has 4 nitrogen and oxygen atoms in total. The molecule has 1 unspecified atom stereocenters. The highest BCUT2D eigenvalue weighted by Crippen LogP contribution is 2.32. The fourth-order valence-electron chi connectivity index (χ4n) is 2.67. The van der Waals surface area contributed by atoms with Crippen molar-refractivity contribution >= 4 is 11.6 Å². The molecule has 2 heterocycles. The molecule has 2 aromatic rings. The Kier molecular flexibility index (Phi) is 3.14. The van der Waals surface area contributed by atoms with Crippen molar-refractivity contribution in [3.63, 3.8) is 0 Å². The highest BCUT2D eigenvalue weighted by molar-refractivity contribution is 6.07. The number of amides is 1. The standard InChI is InChI=1S/C16H16N2O2/c1-11-8-9-12-5-2-3-6-13(12)18(11)16(20)15-14(19)7-4-10-17-15/h2-7,10-11,19H,8-9H2,1H3. The van der Waals surface area contributed by atoms with Crippen LogP contribution >= 0.6 is 0 Å². The predicted octanol–water partition coefficient (Wildman–Crippen LogP) is 2.77. The Balaban J connectivity index is 2.05. The normalized spacial score (nSPS) is 17.6. The average Bonchev–Trinajstić information content (AvgIpc) is 2.47. The summed E-state index contributed by atoms with van der Waals surface area (Å²) in [4.78, 5) is 18.5. The first-order valence-electron chi connectivity index (χ1n) is 6.74. The zero-order valence-electron chi connectivity index (χ0n) is 11.3. The van der Waals surface area contributed by atoms with Crippen molar-refractivity contribution in [2.75, 3.05) is 4.90 Å². The second-order valence-corrected chi connectivity index (χ2v) is 5.06. The molecule has 1 amide bonds. The molecule has 1 atom stereocenters. The molecule has 1 aromatic heterocycles. The molecule has 3 rings (SSSR count). The second kappa shape index (κ2) is 4.96. The Hall–Kier alpha value is -2.36. The van der Waals surface area contributed by atoms with Crippen LogP contribution in [0.4, 0.5) is 5.69 Å². The van der Waals surface area contributed by atoms with Crippen molar-refractivity contribution in [1.29, 1.82) is 0 Å². The Labute approximate surface area is 117 Å². The van der Waals surface area contributed by atoms with Crippen LogP contribution in [0.3, 0.4) is 0 Å². The van der Waals surface area contributed by atoms with Crippen LogP contribution in [0.5, 0.6) is 5.75 Å². The van der Waals surface area contributed by atoms with Gasteiger partial charge in [0.1, 0.15) is 5.75 Å². The number of hydrogen-bond acceptors (Lipinski definition) is 3. The summed E-state index contributed by atoms with van der Waals surface area (Å²) in [5.74, 6) is -0.324. The number of carbonyl (C=O) groups excluding carboxylic acids is 1. The molecule has 102 valence electrons. The minimum Gasteiger partial charge on any atom is -0.505 e. The zero-order valence-corrected chi connectivity index (χ0v) is 11.3. The quantitative estimate of drug-likeness (QED) is 0.865. The van der Waals surface area contributed by atoms with Crippen LogP contribution in [0, 0.1) is 0 Å². The first-order valence-corrected chi connectivity index (χ1v) is 6.74. The molecule has 4 heteroatoms. The Morgan fingerprint density at radius 1 is 1.30 bits per heavy atom. The van der Waals surface area contributed by atoms with E-state index in [1.165, 1.54) is 12.3 Å². The third kappa shape index (κ3) is 2.03. The first kappa shape index (κ1) is 12.7. The number of hydrogen-bond donors (Lipinski definition) is 1. The van der Waals surface area contributed by atoms with Crippen molar-refractivity contribution in [2.45, 2.75) is 25.8 Å². The van der Waals surface area contributed by atoms with Gasteiger partial charge in [0.15, 0.2) is 5.69 Å². The molecular weight excluding hydrogens is 252 g/mol. The third-order valence-corrected chi connectivity index (χ3v) is 3.73. The molecule has 1 aromatic carbocycles. The second-order valence-electron chi connectivity index (χ2n) is 5.06. The van der Waals surface area contributed by atoms with E-state index in [4.69, 9.17) is 0 Å². The maximum Gasteiger partial charge on any atom is 0.280 e. The SMILES string of the molecule is CC1CCc2ccccc2N1C(=O)c1ncccc1O. The zero-order chi connectivity index (χ0) is 14.1. The van der Waals surface area contributed by atoms with Gasteiger partial charge in [0.25, 0.3) is 5.91 Å². The van der Waals surface area contributed by atoms with Gasteiger partial charge in [-0.1, -0.05) is 18.2 Å². The summed E-state index contributed by atoms with van der Waals surface area (Å²) < 4.78 is 0. The van der Waals surface area contributed by atoms with E-state index in [0.717, 1.165) is 24.1 Å². The van der Waals surface area contributed by atoms with Crippen molar-refractivity contribution < 1.29 is 9.90 Å². The van der Waals surface area contributed by atoms with Crippen LogP contribution in [0.25, 0.3) is 0 Å². The van der Waals surface area contributed by atoms with E-state index < -0.39 is 0 Å². The Bertz CT molecular complexity index is 654. The van der Waals surface area contributed by atoms with Gasteiger partial charge in [-0.15, -0.1) is 0 Å². The number of benzene rings is 1. The number of pyridine rings is 1. The van der Waals surface area contributed by atoms with Crippen molar-refractivity contribution in [2.24, 2.45) is 0 Å². The van der Waals surface area contributed by atoms with Crippen molar-refractivity contribution in [3.05, 3.63) is 53.9 Å². The van der Waals surface area contributed by atoms with E-state index in [-0.39, 0.29) is 23.4 Å². The molecule has 20 heavy (non-hydrogen) atoms. The van der Waals surface area contributed by atoms with Gasteiger partial charge >= 0.3 is 0 Å². The largest absolute Gasteiger partial charge is 0.505 e. The van der Waals surface area contributed by atoms with E-state index in [1.54, 1.807) is 11.0 Å². The minimum absolute atomic E-state index is 0.0762. The lowest BCUT2D eigenvalue weighted by molar-refractivity contribution is 0.0967. The number of carbonyl (C=O) groups is 1. The van der Waals surface area contributed by atoms with Crippen LogP contribution in [-0.4, -0.2) is 22.0 Å². The highest BCUT2D eigenvalue weighted by atomic mass is 16.3. The summed E-state index contributed by atoms with van der Waals surface area (Å²) >= 11 is 0. The monoisotopic (exact) mass is 268 g/mol. The van der Waals surface area contributed by atoms with Crippen LogP contribution in [0.15, 0.2) is 42.6 Å². The minimum atomic E-state index is -0.247. The fraction of sp³-hybridized carbons (Fsp3) is 0.250. The number of nitrogens with zero attached hydrogens (tertiary/aromatic N) is 2. The van der Waals surface area contributed by atoms with Gasteiger partial charge in [-0.25, -0.2) is 4.98 Å². The van der Waals surface area contributed by atoms with Crippen molar-refractivity contribution in [1.82, 2.24) is 4.98 Å². The van der Waals surface area contributed by atoms with Gasteiger partial charge in [-0.2, -0.15) is 0 Å². The number of para-hydroxylation sites is 1. The molecule has 1 aliphatic heterocycles. The lowest BCUT2D eigenvalue weighted by atomic mass is 9.96. The lowest BCUT2D eigenvalue weighted by Crippen LogP contribution is -2.42. The molecule has 0 bridgehead atoms. The number of rotatable bonds is 1. The molecule has 1 aliphatic rings. The first-order chi connectivity index (χ1) is 9.68. The van der Waals surface area contributed by atoms with E-state index in [0.29, 0.717) is 0 Å². The molecular formula is C16H16N2O2. The van der Waals surface area contributed by atoms with Gasteiger partial charge in [0, 0.05) is 17.9 Å². The molecule has 1 N–H and O–H groups in total. The summed E-state index contributed by atoms with van der Waals surface area (Å²) in [5, 5.41) is 9.84. The molecule has 0 fully saturated rings. The van der Waals surface area contributed by atoms with Gasteiger partial charge in [-0.05, 0) is 43.5 Å². The van der Waals surface area contributed by atoms with E-state index >= 15 is 0 Å². The van der Waals surface area contributed by atoms with E-state index in [2.05, 4.69) is 4.98 Å². The summed E-state index contributed by atoms with van der Waals surface area (Å²) in [6.45, 7) is 2.02. The van der Waals surface area contributed by atoms with Crippen LogP contribution in [0.1, 0.15) is 29.4 Å². The number of fused-ring (bicyclic) bond motifs is 1. The fourth-order valence-corrected chi connectivity index (χ4v) is 2.67. The smallest absolute Gasteiger partial charge is 0.280 e. The Morgan fingerprint density at radius 2 is 2.10 bits per heavy atom. The summed E-state index contributed by atoms with van der Waals surface area (Å²) in [5.41, 5.74) is 2.19. The molecule has 0 saturated heterocycles. The third-order valence-electron chi connectivity index (χ3n) is 3.73. The van der Waals surface area contributed by atoms with Crippen molar-refractivity contribution in [3.8, 4) is 5.75 Å². The topological polar surface area (TPSA) is 53.4 Å². The summed E-state index contributed by atoms with van der Waals surface area (Å²) in [6, 6.07) is 11.1. The molecule has 0 spiro atoms. The number of aryl methyl sites for hydroxylation is 1.